The number of fused-ring (bicyclic) bond motifs is 12. The molecular formula is C116H111N17OS3Se2+6. The first kappa shape index (κ1) is 94.0. The minimum atomic E-state index is -0.00523. The van der Waals surface area contributed by atoms with E-state index in [9.17, 15) is 0 Å². The van der Waals surface area contributed by atoms with Crippen LogP contribution in [-0.2, 0) is 47.7 Å². The van der Waals surface area contributed by atoms with Gasteiger partial charge in [0.05, 0.1) is 71.9 Å². The Kier molecular flexibility index (Phi) is 26.9. The Bertz CT molecular complexity index is 7680. The van der Waals surface area contributed by atoms with Crippen LogP contribution in [0.25, 0.3) is 67.5 Å². The normalized spacial score (nSPS) is 13.0. The number of hydrogen-bond acceptors (Lipinski definition) is 15. The molecular weight excluding hydrogens is 1900 g/mol. The molecule has 0 radical (unpaired) electrons. The van der Waals surface area contributed by atoms with E-state index in [1.54, 1.807) is 29.7 Å². The summed E-state index contributed by atoms with van der Waals surface area (Å²) < 4.78 is 24.7. The summed E-state index contributed by atoms with van der Waals surface area (Å²) in [6.45, 7) is 17.7. The SMILES string of the molecule is Cc1ccc2c(c1-c1cccc[n+]1C)N(C)c1ncccc1N2C.Cc1ccc2c(c1-c1cccc[n+]1C)N(C)c1ncccc1S2.Cc1ccc2c(c1-c1cccc[n+]1C)Oc1ncccc1N2C.Cc1ccc2c(c1-c1cccc[n+]1C)Sc1ncccc1N2C.Cc1ccc2c(c1-c1cccc[n+]1C)[Se]c1ncccc1C2(C)C.Cc1ccc2c(c1-c1cccc[n+]1C)[Se]c1ncccc1S2. The van der Waals surface area contributed by atoms with Crippen LogP contribution in [0.3, 0.4) is 0 Å². The molecule has 6 aliphatic heterocycles. The van der Waals surface area contributed by atoms with Gasteiger partial charge in [-0.1, -0.05) is 47.8 Å². The number of hydrogen-bond donors (Lipinski definition) is 0. The van der Waals surface area contributed by atoms with Crippen molar-refractivity contribution < 1.29 is 32.1 Å². The van der Waals surface area contributed by atoms with Gasteiger partial charge in [0, 0.05) is 113 Å². The summed E-state index contributed by atoms with van der Waals surface area (Å²) in [6, 6.07) is 89.4. The van der Waals surface area contributed by atoms with Gasteiger partial charge in [0.1, 0.15) is 44.7 Å². The van der Waals surface area contributed by atoms with E-state index in [2.05, 4.69) is 433 Å². The van der Waals surface area contributed by atoms with Crippen LogP contribution in [0.4, 0.5) is 57.1 Å². The summed E-state index contributed by atoms with van der Waals surface area (Å²) in [7, 11) is 23.0. The van der Waals surface area contributed by atoms with Crippen molar-refractivity contribution in [2.45, 2.75) is 90.3 Å². The van der Waals surface area contributed by atoms with Gasteiger partial charge >= 0.3 is 290 Å². The summed E-state index contributed by atoms with van der Waals surface area (Å²) in [4.78, 5) is 44.9. The van der Waals surface area contributed by atoms with Crippen LogP contribution in [0.2, 0.25) is 0 Å². The molecule has 690 valence electrons. The first-order chi connectivity index (χ1) is 67.3. The maximum atomic E-state index is 6.20. The van der Waals surface area contributed by atoms with Gasteiger partial charge in [0.25, 0.3) is 0 Å². The van der Waals surface area contributed by atoms with Gasteiger partial charge in [-0.05, 0) is 147 Å². The average molecular weight is 2010 g/mol. The Labute approximate surface area is 840 Å². The van der Waals surface area contributed by atoms with Crippen LogP contribution in [-0.4, -0.2) is 95.1 Å². The van der Waals surface area contributed by atoms with Crippen LogP contribution >= 0.6 is 35.3 Å². The molecule has 0 saturated heterocycles. The number of aryl methyl sites for hydroxylation is 12. The molecule has 18 nitrogen and oxygen atoms in total. The molecule has 0 N–H and O–H groups in total. The molecule has 6 aliphatic rings. The van der Waals surface area contributed by atoms with Crippen molar-refractivity contribution in [2.75, 3.05) is 59.7 Å². The zero-order valence-electron chi connectivity index (χ0n) is 81.7. The van der Waals surface area contributed by atoms with Crippen molar-refractivity contribution >= 4 is 140 Å². The van der Waals surface area contributed by atoms with Crippen LogP contribution < -0.4 is 74.7 Å². The van der Waals surface area contributed by atoms with Gasteiger partial charge in [-0.25, -0.2) is 38.2 Å². The maximum absolute atomic E-state index is 6.20. The van der Waals surface area contributed by atoms with Gasteiger partial charge in [-0.2, -0.15) is 0 Å². The number of pyridine rings is 12. The third kappa shape index (κ3) is 18.0. The zero-order chi connectivity index (χ0) is 96.8. The Morgan fingerprint density at radius 1 is 0.281 bits per heavy atom. The monoisotopic (exact) mass is 2010 g/mol. The third-order valence-electron chi connectivity index (χ3n) is 26.5. The van der Waals surface area contributed by atoms with E-state index in [0.717, 1.165) is 56.4 Å². The molecule has 0 fully saturated rings. The molecule has 18 heterocycles. The molecule has 18 aromatic rings. The molecule has 0 bridgehead atoms. The van der Waals surface area contributed by atoms with E-state index < -0.39 is 0 Å². The van der Waals surface area contributed by atoms with Gasteiger partial charge in [0.15, 0.2) is 36.4 Å². The molecule has 139 heavy (non-hydrogen) atoms. The molecule has 6 aromatic carbocycles. The molecule has 0 saturated carbocycles. The van der Waals surface area contributed by atoms with Gasteiger partial charge in [-0.3, -0.25) is 0 Å². The Hall–Kier alpha value is -14.0. The quantitative estimate of drug-likeness (QED) is 0.116. The van der Waals surface area contributed by atoms with E-state index >= 15 is 0 Å². The first-order valence-corrected chi connectivity index (χ1v) is 52.2. The summed E-state index contributed by atoms with van der Waals surface area (Å²) in [5, 5.41) is 1.06. The van der Waals surface area contributed by atoms with Crippen molar-refractivity contribution in [3.63, 3.8) is 0 Å². The van der Waals surface area contributed by atoms with E-state index in [0.29, 0.717) is 5.88 Å². The summed E-state index contributed by atoms with van der Waals surface area (Å²) in [6.07, 6.45) is 23.7. The fourth-order valence-corrected chi connectivity index (χ4v) is 28.7. The predicted molar refractivity (Wildman–Crippen MR) is 567 cm³/mol. The number of rotatable bonds is 6. The second-order valence-corrected chi connectivity index (χ2v) is 43.2. The number of aromatic nitrogens is 12. The van der Waals surface area contributed by atoms with Crippen LogP contribution in [0.15, 0.2) is 359 Å². The van der Waals surface area contributed by atoms with Crippen molar-refractivity contribution in [1.82, 2.24) is 29.9 Å². The molecule has 0 amide bonds. The van der Waals surface area contributed by atoms with Gasteiger partial charge in [-0.15, -0.1) is 0 Å². The summed E-state index contributed by atoms with van der Waals surface area (Å²) >= 11 is 5.89. The van der Waals surface area contributed by atoms with Gasteiger partial charge < -0.3 is 29.2 Å². The predicted octanol–water partition coefficient (Wildman–Crippen LogP) is 19.9. The Morgan fingerprint density at radius 3 is 1.27 bits per heavy atom. The molecule has 0 spiro atoms. The number of nitrogens with zero attached hydrogens (tertiary/aromatic N) is 17. The summed E-state index contributed by atoms with van der Waals surface area (Å²) in [5.74, 6) is 3.52. The second-order valence-electron chi connectivity index (χ2n) is 35.9. The number of ether oxygens (including phenoxy) is 1. The number of anilines is 10. The fourth-order valence-electron chi connectivity index (χ4n) is 19.1. The summed E-state index contributed by atoms with van der Waals surface area (Å²) in [5.41, 5.74) is 34.7. The van der Waals surface area contributed by atoms with E-state index in [1.165, 1.54) is 166 Å². The molecule has 0 atom stereocenters. The molecule has 23 heteroatoms. The Morgan fingerprint density at radius 2 is 0.676 bits per heavy atom. The first-order valence-electron chi connectivity index (χ1n) is 46.3. The van der Waals surface area contributed by atoms with Crippen molar-refractivity contribution in [2.24, 2.45) is 42.3 Å². The van der Waals surface area contributed by atoms with E-state index in [4.69, 9.17) is 9.72 Å². The topological polar surface area (TPSA) is 126 Å². The van der Waals surface area contributed by atoms with Crippen molar-refractivity contribution in [3.8, 4) is 79.2 Å². The second kappa shape index (κ2) is 39.8. The minimum absolute atomic E-state index is 0.00523. The average Bonchev–Trinajstić information content (AvgIpc) is 0.740. The molecule has 0 aliphatic carbocycles. The van der Waals surface area contributed by atoms with Crippen molar-refractivity contribution in [1.29, 1.82) is 0 Å². The third-order valence-corrected chi connectivity index (χ3v) is 35.3. The van der Waals surface area contributed by atoms with E-state index in [-0.39, 0.29) is 35.3 Å². The van der Waals surface area contributed by atoms with Crippen molar-refractivity contribution in [3.05, 3.63) is 374 Å². The molecule has 12 aromatic heterocycles. The van der Waals surface area contributed by atoms with Crippen LogP contribution in [0.5, 0.6) is 11.6 Å². The van der Waals surface area contributed by atoms with Crippen LogP contribution in [0.1, 0.15) is 58.4 Å². The van der Waals surface area contributed by atoms with Gasteiger partial charge in [0.2, 0.25) is 28.7 Å². The van der Waals surface area contributed by atoms with E-state index in [1.807, 2.05) is 112 Å². The van der Waals surface area contributed by atoms with Crippen LogP contribution in [0, 0.1) is 41.5 Å². The number of benzene rings is 6. The molecule has 24 rings (SSSR count). The Balaban J connectivity index is 0.000000106. The molecule has 0 unspecified atom stereocenters. The zero-order valence-corrected chi connectivity index (χ0v) is 87.6. The fraction of sp³-hybridized carbons (Fsp3) is 0.172. The standard InChI is InChI=1S/C21H21N2Se.C20H21N4.C19H18N3O.2C19H18N3S.C18H15N2SSe/c1-14-10-11-15-19(18(14)17-9-5-6-13-23(17)4)24-20-16(21(15,2)3)8-7-12-22-20;1-14-10-11-16-19(18(14)15-8-5-6-13-22(15)2)24(4)20-17(23(16)3)9-7-12-21-20;1-13-9-10-15-18(17(13)14-7-4-5-12-21(14)2)23-19-16(22(15)3)8-6-11-20-19;1-13-9-10-15-18(17(13)14-7-4-5-12-21(14)2)22(3)19-16(23-15)8-6-11-20-19;1-13-9-10-15-18(17(13)14-7-4-5-12-21(14)2)23-19-16(22(15)3)8-6-11-20-19;1-12-8-9-14-17(16(12)13-6-3-4-11-20(13)2)22-18-15(21-14)7-5-10-19-18/h2*5-13H,1-4H3;3*4-12H,1-3H3;3-11H,1-2H3/q6*+1.